The molecule has 0 spiro atoms. The van der Waals surface area contributed by atoms with Crippen LogP contribution in [0.1, 0.15) is 95.0 Å². The maximum atomic E-state index is 14.1. The second kappa shape index (κ2) is 21.6. The highest BCUT2D eigenvalue weighted by molar-refractivity contribution is 7.13. The summed E-state index contributed by atoms with van der Waals surface area (Å²) in [6.45, 7) is 18.7. The second-order valence-corrected chi connectivity index (χ2v) is 22.2. The molecule has 1 aromatic heterocycles. The van der Waals surface area contributed by atoms with E-state index in [1.54, 1.807) is 29.5 Å². The number of aliphatic hydroxyl groups is 1. The van der Waals surface area contributed by atoms with Crippen molar-refractivity contribution >= 4 is 52.3 Å². The SMILES string of the molecule is Cc1ncsc1-c1ccc([C@H](C)NC(=O)[C@@H]2C[C@@H](O)CN2C(=O)C(NC(=O)CNCCNc2ccc(-c3ccc(C(=O)N[C@H]4C(C)(C)[C@H](Oc5ccc(C#N)c(Cl)c5)C4(C)C)cc3)cc2)C(C)(C)C)cc1. The first-order valence-electron chi connectivity index (χ1n) is 24.0. The summed E-state index contributed by atoms with van der Waals surface area (Å²) in [5.41, 5.74) is 7.05. The molecule has 71 heavy (non-hydrogen) atoms. The third kappa shape index (κ3) is 11.9. The molecule has 0 bridgehead atoms. The minimum Gasteiger partial charge on any atom is -0.489 e. The number of β-amino-alcohol motifs (C(OH)–C–C–N with tert-alkyl or cyclic N) is 1. The molecule has 16 heteroatoms. The average molecular weight is 1000 g/mol. The lowest BCUT2D eigenvalue weighted by molar-refractivity contribution is -0.164. The van der Waals surface area contributed by atoms with Gasteiger partial charge in [0.15, 0.2) is 0 Å². The van der Waals surface area contributed by atoms with Crippen molar-refractivity contribution in [1.29, 1.82) is 5.26 Å². The summed E-state index contributed by atoms with van der Waals surface area (Å²) in [6.07, 6.45) is -0.986. The molecule has 1 saturated heterocycles. The summed E-state index contributed by atoms with van der Waals surface area (Å²) in [7, 11) is 0. The highest BCUT2D eigenvalue weighted by Gasteiger charge is 2.64. The van der Waals surface area contributed by atoms with Crippen molar-refractivity contribution in [2.75, 3.05) is 31.5 Å². The Morgan fingerprint density at radius 3 is 2.14 bits per heavy atom. The van der Waals surface area contributed by atoms with E-state index in [1.807, 2.05) is 113 Å². The number of rotatable bonds is 17. The fraction of sp³-hybridized carbons (Fsp3) is 0.418. The van der Waals surface area contributed by atoms with E-state index in [0.717, 1.165) is 38.5 Å². The fourth-order valence-corrected chi connectivity index (χ4v) is 11.2. The van der Waals surface area contributed by atoms with Crippen LogP contribution >= 0.6 is 22.9 Å². The van der Waals surface area contributed by atoms with Crippen molar-refractivity contribution in [1.82, 2.24) is 31.2 Å². The monoisotopic (exact) mass is 1000 g/mol. The number of aryl methyl sites for hydroxylation is 1. The number of likely N-dealkylation sites (tertiary alicyclic amines) is 1. The number of thiazole rings is 1. The summed E-state index contributed by atoms with van der Waals surface area (Å²) in [4.78, 5) is 61.4. The number of anilines is 1. The number of aromatic nitrogens is 1. The van der Waals surface area contributed by atoms with Crippen molar-refractivity contribution in [3.63, 3.8) is 0 Å². The Bertz CT molecular complexity index is 2750. The van der Waals surface area contributed by atoms with Crippen LogP contribution in [0.5, 0.6) is 5.75 Å². The number of hydrogen-bond donors (Lipinski definition) is 6. The molecule has 4 aromatic carbocycles. The van der Waals surface area contributed by atoms with Gasteiger partial charge in [-0.3, -0.25) is 19.2 Å². The lowest BCUT2D eigenvalue weighted by atomic mass is 9.49. The summed E-state index contributed by atoms with van der Waals surface area (Å²) in [5.74, 6) is -0.733. The number of benzene rings is 4. The first-order valence-corrected chi connectivity index (χ1v) is 25.2. The Hall–Kier alpha value is -6.31. The molecule has 374 valence electrons. The van der Waals surface area contributed by atoms with Gasteiger partial charge < -0.3 is 41.3 Å². The standard InChI is InChI=1S/C55H65ClN8O6S/c1-32(34-10-14-37(15-11-34)46-33(2)60-31-71-46)61-49(68)44-26-41(65)30-64(44)50(69)47(53(3,4)5)62-45(66)29-58-24-25-59-40-21-18-36(19-22-40)35-12-16-38(17-13-35)48(67)63-51-54(6,7)52(55(51,8)9)70-42-23-20-39(28-57)43(56)27-42/h10-23,27,31-32,41,44,47,51-52,58-59,65H,24-26,29-30H2,1-9H3,(H,61,68)(H,62,66)(H,63,67)/t32-,41+,44-,47?,51-,52-/m0/s1. The maximum absolute atomic E-state index is 14.1. The molecule has 6 N–H and O–H groups in total. The van der Waals surface area contributed by atoms with Gasteiger partial charge in [-0.15, -0.1) is 11.3 Å². The van der Waals surface area contributed by atoms with Gasteiger partial charge in [-0.05, 0) is 77.9 Å². The van der Waals surface area contributed by atoms with Gasteiger partial charge in [0, 0.05) is 60.2 Å². The van der Waals surface area contributed by atoms with Crippen LogP contribution in [0, 0.1) is 34.5 Å². The van der Waals surface area contributed by atoms with Crippen molar-refractivity contribution in [3.8, 4) is 33.4 Å². The molecule has 2 aliphatic rings. The number of nitrogens with one attached hydrogen (secondary N) is 5. The van der Waals surface area contributed by atoms with E-state index in [2.05, 4.69) is 65.3 Å². The zero-order chi connectivity index (χ0) is 51.4. The van der Waals surface area contributed by atoms with E-state index in [0.29, 0.717) is 35.0 Å². The van der Waals surface area contributed by atoms with E-state index < -0.39 is 29.5 Å². The molecule has 0 radical (unpaired) electrons. The zero-order valence-electron chi connectivity index (χ0n) is 41.9. The van der Waals surface area contributed by atoms with E-state index >= 15 is 0 Å². The van der Waals surface area contributed by atoms with Crippen molar-refractivity contribution < 1.29 is 29.0 Å². The summed E-state index contributed by atoms with van der Waals surface area (Å²) >= 11 is 7.83. The molecule has 1 unspecified atom stereocenters. The number of nitriles is 1. The van der Waals surface area contributed by atoms with Crippen LogP contribution in [0.4, 0.5) is 5.69 Å². The van der Waals surface area contributed by atoms with Crippen LogP contribution < -0.4 is 31.3 Å². The third-order valence-electron chi connectivity index (χ3n) is 13.8. The van der Waals surface area contributed by atoms with Gasteiger partial charge in [0.05, 0.1) is 45.4 Å². The van der Waals surface area contributed by atoms with Gasteiger partial charge in [-0.25, -0.2) is 4.98 Å². The van der Waals surface area contributed by atoms with Crippen molar-refractivity contribution in [3.05, 3.63) is 124 Å². The van der Waals surface area contributed by atoms with Gasteiger partial charge in [-0.2, -0.15) is 5.26 Å². The van der Waals surface area contributed by atoms with Crippen molar-refractivity contribution in [2.45, 2.75) is 105 Å². The lowest BCUT2D eigenvalue weighted by Gasteiger charge is -2.63. The molecule has 1 aliphatic carbocycles. The number of hydrogen-bond acceptors (Lipinski definition) is 11. The summed E-state index contributed by atoms with van der Waals surface area (Å²) < 4.78 is 6.37. The number of amides is 4. The molecule has 7 rings (SSSR count). The molecule has 1 saturated carbocycles. The molecule has 4 amide bonds. The topological polar surface area (TPSA) is 198 Å². The first kappa shape index (κ1) is 52.5. The normalized spacial score (nSPS) is 19.9. The van der Waals surface area contributed by atoms with Gasteiger partial charge in [0.25, 0.3) is 5.91 Å². The van der Waals surface area contributed by atoms with Gasteiger partial charge in [0.2, 0.25) is 17.7 Å². The maximum Gasteiger partial charge on any atom is 0.251 e. The first-order chi connectivity index (χ1) is 33.6. The molecular formula is C55H65ClN8O6S. The summed E-state index contributed by atoms with van der Waals surface area (Å²) in [6, 6.07) is 28.2. The number of carbonyl (C=O) groups excluding carboxylic acids is 4. The molecular weight excluding hydrogens is 936 g/mol. The smallest absolute Gasteiger partial charge is 0.251 e. The number of carbonyl (C=O) groups is 4. The Morgan fingerprint density at radius 2 is 1.55 bits per heavy atom. The largest absolute Gasteiger partial charge is 0.489 e. The summed E-state index contributed by atoms with van der Waals surface area (Å²) in [5, 5.41) is 35.9. The molecule has 14 nitrogen and oxygen atoms in total. The van der Waals surface area contributed by atoms with E-state index in [9.17, 15) is 29.5 Å². The number of halogens is 1. The number of ether oxygens (including phenoxy) is 1. The third-order valence-corrected chi connectivity index (χ3v) is 15.1. The molecule has 4 atom stereocenters. The van der Waals surface area contributed by atoms with Crippen molar-refractivity contribution in [2.24, 2.45) is 16.2 Å². The van der Waals surface area contributed by atoms with Crippen LogP contribution in [-0.2, 0) is 14.4 Å². The Morgan fingerprint density at radius 1 is 0.915 bits per heavy atom. The van der Waals surface area contributed by atoms with Gasteiger partial charge >= 0.3 is 0 Å². The Labute approximate surface area is 425 Å². The minimum atomic E-state index is -0.938. The lowest BCUT2D eigenvalue weighted by Crippen LogP contribution is -2.74. The van der Waals surface area contributed by atoms with Crippen LogP contribution in [-0.4, -0.2) is 95.1 Å². The second-order valence-electron chi connectivity index (χ2n) is 20.9. The Balaban J connectivity index is 0.847. The predicted molar refractivity (Wildman–Crippen MR) is 279 cm³/mol. The fourth-order valence-electron chi connectivity index (χ4n) is 10.1. The zero-order valence-corrected chi connectivity index (χ0v) is 43.4. The van der Waals surface area contributed by atoms with E-state index in [-0.39, 0.29) is 66.2 Å². The molecule has 1 aliphatic heterocycles. The van der Waals surface area contributed by atoms with E-state index in [4.69, 9.17) is 16.3 Å². The van der Waals surface area contributed by atoms with Gasteiger partial charge in [-0.1, -0.05) is 109 Å². The number of nitrogens with zero attached hydrogens (tertiary/aromatic N) is 3. The van der Waals surface area contributed by atoms with E-state index in [1.165, 1.54) is 4.90 Å². The quantitative estimate of drug-likeness (QED) is 0.0493. The number of aliphatic hydroxyl groups excluding tert-OH is 1. The van der Waals surface area contributed by atoms with Crippen LogP contribution in [0.3, 0.4) is 0 Å². The van der Waals surface area contributed by atoms with Crippen LogP contribution in [0.15, 0.2) is 96.5 Å². The van der Waals surface area contributed by atoms with Crippen LogP contribution in [0.25, 0.3) is 21.6 Å². The predicted octanol–water partition coefficient (Wildman–Crippen LogP) is 8.29. The molecule has 2 heterocycles. The molecule has 2 fully saturated rings. The van der Waals surface area contributed by atoms with Gasteiger partial charge in [0.1, 0.15) is 30.0 Å². The average Bonchev–Trinajstić information content (AvgIpc) is 3.96. The highest BCUT2D eigenvalue weighted by atomic mass is 35.5. The Kier molecular flexibility index (Phi) is 16.0. The highest BCUT2D eigenvalue weighted by Crippen LogP contribution is 2.55. The van der Waals surface area contributed by atoms with Crippen LogP contribution in [0.2, 0.25) is 5.02 Å². The minimum absolute atomic E-state index is 0.0102. The molecule has 5 aromatic rings.